The summed E-state index contributed by atoms with van der Waals surface area (Å²) in [6.45, 7) is 13.9. The van der Waals surface area contributed by atoms with Gasteiger partial charge in [-0.1, -0.05) is 30.3 Å². The van der Waals surface area contributed by atoms with Gasteiger partial charge < -0.3 is 29.4 Å². The van der Waals surface area contributed by atoms with E-state index in [0.29, 0.717) is 0 Å². The predicted molar refractivity (Wildman–Crippen MR) is 140 cm³/mol. The van der Waals surface area contributed by atoms with E-state index in [2.05, 4.69) is 5.32 Å². The van der Waals surface area contributed by atoms with Crippen LogP contribution in [0.4, 0.5) is 4.79 Å². The highest BCUT2D eigenvalue weighted by molar-refractivity contribution is 6.03. The lowest BCUT2D eigenvalue weighted by molar-refractivity contribution is -0.192. The summed E-state index contributed by atoms with van der Waals surface area (Å²) in [5.74, 6) is -2.93. The number of amides is 1. The smallest absolute Gasteiger partial charge is 0.407 e. The van der Waals surface area contributed by atoms with E-state index in [1.165, 1.54) is 0 Å². The standard InChI is InChI=1S/C28H43NO9/c1-25(2,3)36-21(31)16-28(22(32)37-26(4,5)6,23(33)38-27(7,8)9)15-20(17-30)29-24(34)35-18-19-13-11-10-12-14-19/h10-14,20,30H,15-18H2,1-9H3,(H,29,34)/t20-/m0/s1. The minimum Gasteiger partial charge on any atom is -0.460 e. The van der Waals surface area contributed by atoms with Crippen molar-refractivity contribution < 1.29 is 43.2 Å². The minimum absolute atomic E-state index is 0.0357. The molecule has 0 unspecified atom stereocenters. The minimum atomic E-state index is -2.23. The van der Waals surface area contributed by atoms with Crippen molar-refractivity contribution in [1.82, 2.24) is 5.32 Å². The Kier molecular flexibility index (Phi) is 11.3. The van der Waals surface area contributed by atoms with E-state index < -0.39 is 71.7 Å². The number of benzene rings is 1. The highest BCUT2D eigenvalue weighted by Gasteiger charge is 2.54. The molecule has 0 radical (unpaired) electrons. The first-order valence-electron chi connectivity index (χ1n) is 12.5. The van der Waals surface area contributed by atoms with E-state index in [4.69, 9.17) is 18.9 Å². The molecule has 0 spiro atoms. The molecule has 1 aromatic rings. The van der Waals surface area contributed by atoms with Gasteiger partial charge in [0.25, 0.3) is 0 Å². The highest BCUT2D eigenvalue weighted by atomic mass is 16.6. The second-order valence-electron chi connectivity index (χ2n) is 12.1. The van der Waals surface area contributed by atoms with Crippen LogP contribution in [0, 0.1) is 5.41 Å². The Hall–Kier alpha value is -3.14. The number of aliphatic hydroxyl groups is 1. The van der Waals surface area contributed by atoms with Gasteiger partial charge >= 0.3 is 24.0 Å². The van der Waals surface area contributed by atoms with Crippen LogP contribution in [-0.2, 0) is 39.9 Å². The number of hydrogen-bond donors (Lipinski definition) is 2. The van der Waals surface area contributed by atoms with Crippen molar-refractivity contribution in [2.24, 2.45) is 5.41 Å². The van der Waals surface area contributed by atoms with Crippen LogP contribution in [0.3, 0.4) is 0 Å². The molecule has 10 nitrogen and oxygen atoms in total. The maximum atomic E-state index is 13.6. The van der Waals surface area contributed by atoms with E-state index in [-0.39, 0.29) is 6.61 Å². The molecule has 0 aromatic heterocycles. The highest BCUT2D eigenvalue weighted by Crippen LogP contribution is 2.36. The quantitative estimate of drug-likeness (QED) is 0.257. The van der Waals surface area contributed by atoms with Crippen LogP contribution < -0.4 is 5.32 Å². The third-order valence-electron chi connectivity index (χ3n) is 4.80. The topological polar surface area (TPSA) is 137 Å². The zero-order chi connectivity index (χ0) is 29.4. The molecular weight excluding hydrogens is 494 g/mol. The molecule has 0 aliphatic heterocycles. The average Bonchev–Trinajstić information content (AvgIpc) is 2.73. The largest absolute Gasteiger partial charge is 0.460 e. The van der Waals surface area contributed by atoms with Gasteiger partial charge in [-0.3, -0.25) is 14.4 Å². The molecule has 2 N–H and O–H groups in total. The number of esters is 3. The van der Waals surface area contributed by atoms with Gasteiger partial charge in [-0.05, 0) is 74.3 Å². The molecule has 1 atom stereocenters. The fraction of sp³-hybridized carbons (Fsp3) is 0.643. The van der Waals surface area contributed by atoms with Crippen molar-refractivity contribution in [3.8, 4) is 0 Å². The lowest BCUT2D eigenvalue weighted by atomic mass is 9.77. The monoisotopic (exact) mass is 537 g/mol. The summed E-state index contributed by atoms with van der Waals surface area (Å²) in [6, 6.07) is 7.78. The Balaban J connectivity index is 3.37. The van der Waals surface area contributed by atoms with E-state index in [0.717, 1.165) is 5.56 Å². The van der Waals surface area contributed by atoms with E-state index >= 15 is 0 Å². The Morgan fingerprint density at radius 3 is 1.68 bits per heavy atom. The van der Waals surface area contributed by atoms with E-state index in [1.54, 1.807) is 86.6 Å². The first kappa shape index (κ1) is 32.9. The summed E-state index contributed by atoms with van der Waals surface area (Å²) in [6.07, 6.45) is -2.12. The van der Waals surface area contributed by atoms with Gasteiger partial charge in [0.15, 0.2) is 5.41 Å². The van der Waals surface area contributed by atoms with Gasteiger partial charge in [0.05, 0.1) is 19.1 Å². The van der Waals surface area contributed by atoms with Gasteiger partial charge in [-0.2, -0.15) is 0 Å². The molecule has 0 aliphatic carbocycles. The summed E-state index contributed by atoms with van der Waals surface area (Å²) in [7, 11) is 0. The summed E-state index contributed by atoms with van der Waals surface area (Å²) < 4.78 is 21.7. The number of carbonyl (C=O) groups is 4. The molecule has 0 bridgehead atoms. The van der Waals surface area contributed by atoms with Crippen LogP contribution in [-0.4, -0.2) is 58.6 Å². The Morgan fingerprint density at radius 2 is 1.26 bits per heavy atom. The lowest BCUT2D eigenvalue weighted by Crippen LogP contribution is -2.53. The molecule has 38 heavy (non-hydrogen) atoms. The number of hydrogen-bond acceptors (Lipinski definition) is 9. The predicted octanol–water partition coefficient (Wildman–Crippen LogP) is 4.07. The van der Waals surface area contributed by atoms with Crippen molar-refractivity contribution in [2.75, 3.05) is 6.61 Å². The molecule has 0 fully saturated rings. The Bertz CT molecular complexity index is 925. The molecule has 0 aliphatic rings. The number of aliphatic hydroxyl groups excluding tert-OH is 1. The van der Waals surface area contributed by atoms with Crippen LogP contribution in [0.5, 0.6) is 0 Å². The molecule has 1 rings (SSSR count). The summed E-state index contributed by atoms with van der Waals surface area (Å²) in [4.78, 5) is 52.7. The molecular formula is C28H43NO9. The number of nitrogens with one attached hydrogen (secondary N) is 1. The summed E-state index contributed by atoms with van der Waals surface area (Å²) in [5, 5.41) is 12.6. The fourth-order valence-corrected chi connectivity index (χ4v) is 3.36. The van der Waals surface area contributed by atoms with Crippen LogP contribution in [0.15, 0.2) is 30.3 Å². The van der Waals surface area contributed by atoms with Crippen molar-refractivity contribution in [3.63, 3.8) is 0 Å². The zero-order valence-electron chi connectivity index (χ0n) is 24.0. The molecule has 0 heterocycles. The first-order chi connectivity index (χ1) is 17.3. The molecule has 214 valence electrons. The average molecular weight is 538 g/mol. The van der Waals surface area contributed by atoms with E-state index in [9.17, 15) is 24.3 Å². The summed E-state index contributed by atoms with van der Waals surface area (Å²) >= 11 is 0. The zero-order valence-corrected chi connectivity index (χ0v) is 24.0. The fourth-order valence-electron chi connectivity index (χ4n) is 3.36. The van der Waals surface area contributed by atoms with Crippen LogP contribution >= 0.6 is 0 Å². The summed E-state index contributed by atoms with van der Waals surface area (Å²) in [5.41, 5.74) is -4.43. The van der Waals surface area contributed by atoms with Gasteiger partial charge in [-0.25, -0.2) is 4.79 Å². The normalized spacial score (nSPS) is 13.2. The Morgan fingerprint density at radius 1 is 0.789 bits per heavy atom. The number of rotatable bonds is 10. The first-order valence-corrected chi connectivity index (χ1v) is 12.5. The third kappa shape index (κ3) is 11.9. The van der Waals surface area contributed by atoms with Crippen molar-refractivity contribution in [1.29, 1.82) is 0 Å². The van der Waals surface area contributed by atoms with Gasteiger partial charge in [0.2, 0.25) is 0 Å². The van der Waals surface area contributed by atoms with E-state index in [1.807, 2.05) is 6.07 Å². The van der Waals surface area contributed by atoms with Crippen LogP contribution in [0.2, 0.25) is 0 Å². The van der Waals surface area contributed by atoms with Gasteiger partial charge in [0.1, 0.15) is 23.4 Å². The van der Waals surface area contributed by atoms with Crippen molar-refractivity contribution in [2.45, 2.75) is 105 Å². The van der Waals surface area contributed by atoms with Crippen LogP contribution in [0.1, 0.15) is 80.7 Å². The van der Waals surface area contributed by atoms with Gasteiger partial charge in [0, 0.05) is 0 Å². The molecule has 0 saturated heterocycles. The Labute approximate surface area is 225 Å². The van der Waals surface area contributed by atoms with Crippen molar-refractivity contribution in [3.05, 3.63) is 35.9 Å². The molecule has 1 amide bonds. The molecule has 10 heteroatoms. The number of alkyl carbamates (subject to hydrolysis) is 1. The number of ether oxygens (including phenoxy) is 4. The third-order valence-corrected chi connectivity index (χ3v) is 4.80. The maximum Gasteiger partial charge on any atom is 0.407 e. The van der Waals surface area contributed by atoms with Crippen LogP contribution in [0.25, 0.3) is 0 Å². The lowest BCUT2D eigenvalue weighted by Gasteiger charge is -2.36. The SMILES string of the molecule is CC(C)(C)OC(=O)CC(C[C@@H](CO)NC(=O)OCc1ccccc1)(C(=O)OC(C)(C)C)C(=O)OC(C)(C)C. The molecule has 0 saturated carbocycles. The second-order valence-corrected chi connectivity index (χ2v) is 12.1. The number of carbonyl (C=O) groups excluding carboxylic acids is 4. The molecule has 1 aromatic carbocycles. The second kappa shape index (κ2) is 13.1. The maximum absolute atomic E-state index is 13.6. The van der Waals surface area contributed by atoms with Gasteiger partial charge in [-0.15, -0.1) is 0 Å². The van der Waals surface area contributed by atoms with Crippen molar-refractivity contribution >= 4 is 24.0 Å².